The van der Waals surface area contributed by atoms with E-state index < -0.39 is 0 Å². The molecule has 2 aliphatic rings. The molecule has 1 unspecified atom stereocenters. The Kier molecular flexibility index (Phi) is 3.30. The highest BCUT2D eigenvalue weighted by Crippen LogP contribution is 2.32. The van der Waals surface area contributed by atoms with E-state index >= 15 is 0 Å². The second-order valence-corrected chi connectivity index (χ2v) is 5.07. The minimum Gasteiger partial charge on any atom is -0.394 e. The summed E-state index contributed by atoms with van der Waals surface area (Å²) in [5.74, 6) is 0.526. The van der Waals surface area contributed by atoms with Crippen LogP contribution in [0.25, 0.3) is 0 Å². The Balaban J connectivity index is 1.80. The molecule has 18 heavy (non-hydrogen) atoms. The summed E-state index contributed by atoms with van der Waals surface area (Å²) in [5.41, 5.74) is 4.16. The summed E-state index contributed by atoms with van der Waals surface area (Å²) in [7, 11) is 0. The van der Waals surface area contributed by atoms with Crippen molar-refractivity contribution >= 4 is 6.40 Å². The molecule has 2 heterocycles. The molecule has 1 saturated heterocycles. The smallest absolute Gasteiger partial charge is 0.198 e. The van der Waals surface area contributed by atoms with Crippen LogP contribution in [0.15, 0.2) is 35.3 Å². The summed E-state index contributed by atoms with van der Waals surface area (Å²) < 4.78 is 0. The Hall–Kier alpha value is -1.39. The zero-order valence-corrected chi connectivity index (χ0v) is 10.4. The molecule has 1 aromatic rings. The van der Waals surface area contributed by atoms with Crippen LogP contribution in [0.4, 0.5) is 0 Å². The van der Waals surface area contributed by atoms with Gasteiger partial charge in [-0.05, 0) is 31.5 Å². The van der Waals surface area contributed by atoms with Crippen molar-refractivity contribution in [2.45, 2.75) is 24.9 Å². The Morgan fingerprint density at radius 1 is 1.22 bits per heavy atom. The van der Waals surface area contributed by atoms with E-state index in [0.29, 0.717) is 5.92 Å². The molecule has 1 atom stereocenters. The van der Waals surface area contributed by atoms with Gasteiger partial charge in [-0.3, -0.25) is 0 Å². The molecule has 96 valence electrons. The van der Waals surface area contributed by atoms with E-state index in [4.69, 9.17) is 4.84 Å². The molecular formula is C14H19N3O. The van der Waals surface area contributed by atoms with Crippen LogP contribution in [0, 0.1) is 5.92 Å². The maximum absolute atomic E-state index is 5.22. The highest BCUT2D eigenvalue weighted by molar-refractivity contribution is 5.49. The highest BCUT2D eigenvalue weighted by Gasteiger charge is 2.42. The minimum atomic E-state index is -0.274. The first-order valence-electron chi connectivity index (χ1n) is 6.60. The number of benzene rings is 1. The molecule has 3 rings (SSSR count). The molecule has 4 nitrogen and oxygen atoms in total. The van der Waals surface area contributed by atoms with Crippen molar-refractivity contribution in [3.8, 4) is 0 Å². The number of rotatable bonds is 3. The largest absolute Gasteiger partial charge is 0.394 e. The summed E-state index contributed by atoms with van der Waals surface area (Å²) in [6, 6.07) is 10.5. The molecule has 0 radical (unpaired) electrons. The number of hydroxylamine groups is 1. The van der Waals surface area contributed by atoms with E-state index in [0.717, 1.165) is 32.4 Å². The molecule has 0 bridgehead atoms. The molecule has 2 aliphatic heterocycles. The van der Waals surface area contributed by atoms with Crippen molar-refractivity contribution in [1.82, 2.24) is 10.8 Å². The van der Waals surface area contributed by atoms with Gasteiger partial charge in [0.2, 0.25) is 0 Å². The van der Waals surface area contributed by atoms with E-state index in [-0.39, 0.29) is 5.66 Å². The predicted molar refractivity (Wildman–Crippen MR) is 71.2 cm³/mol. The molecule has 0 aromatic heterocycles. The molecule has 0 aliphatic carbocycles. The first kappa shape index (κ1) is 11.7. The topological polar surface area (TPSA) is 45.7 Å². The second kappa shape index (κ2) is 5.08. The monoisotopic (exact) mass is 245 g/mol. The first-order valence-corrected chi connectivity index (χ1v) is 6.60. The third-order valence-corrected chi connectivity index (χ3v) is 3.90. The van der Waals surface area contributed by atoms with Crippen molar-refractivity contribution in [3.05, 3.63) is 35.9 Å². The molecule has 4 heteroatoms. The molecule has 0 spiro atoms. The van der Waals surface area contributed by atoms with Crippen LogP contribution >= 0.6 is 0 Å². The zero-order chi connectivity index (χ0) is 12.3. The highest BCUT2D eigenvalue weighted by atomic mass is 16.7. The van der Waals surface area contributed by atoms with Crippen molar-refractivity contribution in [2.24, 2.45) is 10.9 Å². The lowest BCUT2D eigenvalue weighted by Gasteiger charge is -2.36. The fraction of sp³-hybridized carbons (Fsp3) is 0.500. The summed E-state index contributed by atoms with van der Waals surface area (Å²) in [5, 5.41) is 3.40. The fourth-order valence-corrected chi connectivity index (χ4v) is 2.90. The molecular weight excluding hydrogens is 226 g/mol. The Morgan fingerprint density at radius 3 is 2.67 bits per heavy atom. The quantitative estimate of drug-likeness (QED) is 0.848. The van der Waals surface area contributed by atoms with Gasteiger partial charge < -0.3 is 10.2 Å². The summed E-state index contributed by atoms with van der Waals surface area (Å²) in [4.78, 5) is 9.82. The lowest BCUT2D eigenvalue weighted by Crippen LogP contribution is -2.51. The summed E-state index contributed by atoms with van der Waals surface area (Å²) >= 11 is 0. The average Bonchev–Trinajstić information content (AvgIpc) is 2.91. The van der Waals surface area contributed by atoms with Gasteiger partial charge in [0, 0.05) is 12.3 Å². The van der Waals surface area contributed by atoms with E-state index in [1.807, 2.05) is 6.07 Å². The normalized spacial score (nSPS) is 28.2. The number of piperidine rings is 1. The number of aliphatic imine (C=N–C) groups is 1. The lowest BCUT2D eigenvalue weighted by molar-refractivity contribution is 0.0646. The zero-order valence-electron chi connectivity index (χ0n) is 10.4. The van der Waals surface area contributed by atoms with Crippen LogP contribution in [0.1, 0.15) is 18.4 Å². The summed E-state index contributed by atoms with van der Waals surface area (Å²) in [6.45, 7) is 2.14. The van der Waals surface area contributed by atoms with Crippen molar-refractivity contribution in [1.29, 1.82) is 0 Å². The first-order chi connectivity index (χ1) is 8.89. The van der Waals surface area contributed by atoms with Gasteiger partial charge in [-0.1, -0.05) is 30.3 Å². The number of nitrogens with zero attached hydrogens (tertiary/aromatic N) is 1. The maximum atomic E-state index is 5.22. The van der Waals surface area contributed by atoms with Gasteiger partial charge in [-0.15, -0.1) is 5.48 Å². The van der Waals surface area contributed by atoms with Gasteiger partial charge in [-0.2, -0.15) is 0 Å². The van der Waals surface area contributed by atoms with Crippen LogP contribution in [0.5, 0.6) is 0 Å². The van der Waals surface area contributed by atoms with Gasteiger partial charge in [0.15, 0.2) is 12.1 Å². The number of hydrogen-bond acceptors (Lipinski definition) is 4. The van der Waals surface area contributed by atoms with Crippen LogP contribution in [-0.4, -0.2) is 25.2 Å². The molecule has 1 aromatic carbocycles. The minimum absolute atomic E-state index is 0.274. The Labute approximate surface area is 107 Å². The van der Waals surface area contributed by atoms with Crippen molar-refractivity contribution in [2.75, 3.05) is 13.1 Å². The van der Waals surface area contributed by atoms with Gasteiger partial charge in [0.1, 0.15) is 0 Å². The average molecular weight is 245 g/mol. The Morgan fingerprint density at radius 2 is 2.00 bits per heavy atom. The molecule has 2 N–H and O–H groups in total. The van der Waals surface area contributed by atoms with E-state index in [1.165, 1.54) is 5.56 Å². The van der Waals surface area contributed by atoms with Crippen molar-refractivity contribution < 1.29 is 4.84 Å². The predicted octanol–water partition coefficient (Wildman–Crippen LogP) is 1.49. The van der Waals surface area contributed by atoms with E-state index in [9.17, 15) is 0 Å². The van der Waals surface area contributed by atoms with E-state index in [2.05, 4.69) is 40.1 Å². The van der Waals surface area contributed by atoms with Crippen LogP contribution in [0.2, 0.25) is 0 Å². The third-order valence-electron chi connectivity index (χ3n) is 3.90. The van der Waals surface area contributed by atoms with Crippen LogP contribution < -0.4 is 10.8 Å². The maximum Gasteiger partial charge on any atom is 0.198 e. The van der Waals surface area contributed by atoms with Gasteiger partial charge >= 0.3 is 0 Å². The standard InChI is InChI=1S/C14H19N3O/c1-2-4-12(5-3-1)10-14(16-11-18-17-14)13-6-8-15-9-7-13/h1-5,11,13,15,17H,6-10H2. The molecule has 0 saturated carbocycles. The van der Waals surface area contributed by atoms with E-state index in [1.54, 1.807) is 6.40 Å². The van der Waals surface area contributed by atoms with Crippen molar-refractivity contribution in [3.63, 3.8) is 0 Å². The Bertz CT molecular complexity index is 414. The fourth-order valence-electron chi connectivity index (χ4n) is 2.90. The summed E-state index contributed by atoms with van der Waals surface area (Å²) in [6.07, 6.45) is 4.71. The number of hydrogen-bond donors (Lipinski definition) is 2. The van der Waals surface area contributed by atoms with Gasteiger partial charge in [0.05, 0.1) is 0 Å². The van der Waals surface area contributed by atoms with Gasteiger partial charge in [-0.25, -0.2) is 4.99 Å². The molecule has 0 amide bonds. The van der Waals surface area contributed by atoms with Crippen LogP contribution in [0.3, 0.4) is 0 Å². The number of nitrogens with one attached hydrogen (secondary N) is 2. The van der Waals surface area contributed by atoms with Crippen LogP contribution in [-0.2, 0) is 11.3 Å². The lowest BCUT2D eigenvalue weighted by atomic mass is 9.81. The second-order valence-electron chi connectivity index (χ2n) is 5.07. The van der Waals surface area contributed by atoms with Gasteiger partial charge in [0.25, 0.3) is 0 Å². The molecule has 1 fully saturated rings. The third kappa shape index (κ3) is 2.26. The SMILES string of the molecule is C1=NC(Cc2ccccc2)(C2CCNCC2)NO1.